The molecule has 56 valence electrons. The Kier molecular flexibility index (Phi) is 7.51. The molecule has 0 aliphatic heterocycles. The van der Waals surface area contributed by atoms with Crippen LogP contribution in [-0.4, -0.2) is 23.8 Å². The van der Waals surface area contributed by atoms with Crippen LogP contribution in [0.4, 0.5) is 0 Å². The summed E-state index contributed by atoms with van der Waals surface area (Å²) in [7, 11) is 0. The number of alkyl halides is 1. The molecule has 0 aliphatic carbocycles. The van der Waals surface area contributed by atoms with Crippen LogP contribution in [0.15, 0.2) is 0 Å². The Hall–Kier alpha value is 0.790. The van der Waals surface area contributed by atoms with Crippen molar-refractivity contribution in [3.63, 3.8) is 0 Å². The lowest BCUT2D eigenvalue weighted by molar-refractivity contribution is 0.0802. The number of ether oxygens (including phenoxy) is 1. The lowest BCUT2D eigenvalue weighted by Gasteiger charge is -2.10. The molecule has 0 radical (unpaired) electrons. The van der Waals surface area contributed by atoms with Crippen molar-refractivity contribution in [2.45, 2.75) is 19.4 Å². The molecule has 0 fully saturated rings. The summed E-state index contributed by atoms with van der Waals surface area (Å²) in [5.74, 6) is 0.809. The van der Waals surface area contributed by atoms with Gasteiger partial charge in [0, 0.05) is 11.1 Å². The van der Waals surface area contributed by atoms with Crippen molar-refractivity contribution in [2.75, 3.05) is 17.7 Å². The van der Waals surface area contributed by atoms with Crippen LogP contribution in [0.25, 0.3) is 0 Å². The summed E-state index contributed by atoms with van der Waals surface area (Å²) in [6, 6.07) is 0. The SMILES string of the molecule is CCC(CBr)OCCS. The highest BCUT2D eigenvalue weighted by Crippen LogP contribution is 2.01. The van der Waals surface area contributed by atoms with E-state index in [-0.39, 0.29) is 0 Å². The van der Waals surface area contributed by atoms with Gasteiger partial charge in [0.1, 0.15) is 0 Å². The molecule has 1 nitrogen and oxygen atoms in total. The molecule has 0 aromatic rings. The van der Waals surface area contributed by atoms with Gasteiger partial charge in [-0.25, -0.2) is 0 Å². The number of rotatable bonds is 5. The molecule has 0 aromatic heterocycles. The second kappa shape index (κ2) is 6.90. The van der Waals surface area contributed by atoms with E-state index in [4.69, 9.17) is 4.74 Å². The number of hydrogen-bond acceptors (Lipinski definition) is 2. The molecule has 0 aromatic carbocycles. The number of halogens is 1. The lowest BCUT2D eigenvalue weighted by atomic mass is 10.3. The van der Waals surface area contributed by atoms with E-state index in [1.54, 1.807) is 0 Å². The van der Waals surface area contributed by atoms with E-state index < -0.39 is 0 Å². The quantitative estimate of drug-likeness (QED) is 0.543. The second-order valence-electron chi connectivity index (χ2n) is 1.78. The van der Waals surface area contributed by atoms with Crippen LogP contribution >= 0.6 is 28.6 Å². The minimum atomic E-state index is 0.372. The molecular weight excluding hydrogens is 200 g/mol. The largest absolute Gasteiger partial charge is 0.377 e. The van der Waals surface area contributed by atoms with E-state index in [2.05, 4.69) is 35.5 Å². The number of thiol groups is 1. The Morgan fingerprint density at radius 1 is 1.67 bits per heavy atom. The third-order valence-corrected chi connectivity index (χ3v) is 1.98. The maximum atomic E-state index is 5.37. The molecular formula is C6H13BrOS. The van der Waals surface area contributed by atoms with Crippen LogP contribution in [0.2, 0.25) is 0 Å². The zero-order chi connectivity index (χ0) is 7.11. The van der Waals surface area contributed by atoms with Gasteiger partial charge in [-0.05, 0) is 6.42 Å². The van der Waals surface area contributed by atoms with Crippen molar-refractivity contribution in [2.24, 2.45) is 0 Å². The minimum absolute atomic E-state index is 0.372. The van der Waals surface area contributed by atoms with Gasteiger partial charge in [-0.3, -0.25) is 0 Å². The molecule has 9 heavy (non-hydrogen) atoms. The summed E-state index contributed by atoms with van der Waals surface area (Å²) >= 11 is 7.39. The summed E-state index contributed by atoms with van der Waals surface area (Å²) in [6.07, 6.45) is 1.44. The van der Waals surface area contributed by atoms with Crippen LogP contribution in [0, 0.1) is 0 Å². The van der Waals surface area contributed by atoms with E-state index in [0.717, 1.165) is 24.1 Å². The topological polar surface area (TPSA) is 9.23 Å². The first-order valence-corrected chi connectivity index (χ1v) is 4.89. The van der Waals surface area contributed by atoms with Gasteiger partial charge in [-0.2, -0.15) is 12.6 Å². The van der Waals surface area contributed by atoms with Crippen molar-refractivity contribution < 1.29 is 4.74 Å². The van der Waals surface area contributed by atoms with E-state index in [0.29, 0.717) is 6.10 Å². The summed E-state index contributed by atoms with van der Waals surface area (Å²) in [5, 5.41) is 0.928. The molecule has 3 heteroatoms. The minimum Gasteiger partial charge on any atom is -0.377 e. The van der Waals surface area contributed by atoms with E-state index in [1.807, 2.05) is 0 Å². The Labute approximate surface area is 70.7 Å². The van der Waals surface area contributed by atoms with Crippen molar-refractivity contribution in [1.82, 2.24) is 0 Å². The molecule has 1 atom stereocenters. The molecule has 0 saturated heterocycles. The fourth-order valence-corrected chi connectivity index (χ4v) is 1.24. The lowest BCUT2D eigenvalue weighted by Crippen LogP contribution is -2.14. The Balaban J connectivity index is 3.09. The van der Waals surface area contributed by atoms with Crippen LogP contribution < -0.4 is 0 Å². The fourth-order valence-electron chi connectivity index (χ4n) is 0.491. The highest BCUT2D eigenvalue weighted by molar-refractivity contribution is 9.09. The van der Waals surface area contributed by atoms with Crippen molar-refractivity contribution in [3.8, 4) is 0 Å². The van der Waals surface area contributed by atoms with Crippen LogP contribution in [0.1, 0.15) is 13.3 Å². The first-order chi connectivity index (χ1) is 4.35. The zero-order valence-electron chi connectivity index (χ0n) is 5.64. The van der Waals surface area contributed by atoms with Gasteiger partial charge in [0.2, 0.25) is 0 Å². The standard InChI is InChI=1S/C6H13BrOS/c1-2-6(5-7)8-3-4-9/h6,9H,2-5H2,1H3. The van der Waals surface area contributed by atoms with Gasteiger partial charge in [-0.1, -0.05) is 22.9 Å². The van der Waals surface area contributed by atoms with Gasteiger partial charge in [0.15, 0.2) is 0 Å². The predicted octanol–water partition coefficient (Wildman–Crippen LogP) is 2.11. The molecule has 1 unspecified atom stereocenters. The first-order valence-electron chi connectivity index (χ1n) is 3.13. The average Bonchev–Trinajstić information content (AvgIpc) is 1.91. The highest BCUT2D eigenvalue weighted by atomic mass is 79.9. The fraction of sp³-hybridized carbons (Fsp3) is 1.00. The highest BCUT2D eigenvalue weighted by Gasteiger charge is 2.01. The molecule has 0 aliphatic rings. The molecule has 0 heterocycles. The van der Waals surface area contributed by atoms with Gasteiger partial charge in [0.05, 0.1) is 12.7 Å². The Morgan fingerprint density at radius 2 is 2.33 bits per heavy atom. The molecule has 0 spiro atoms. The van der Waals surface area contributed by atoms with Crippen LogP contribution in [0.5, 0.6) is 0 Å². The average molecular weight is 213 g/mol. The Morgan fingerprint density at radius 3 is 2.67 bits per heavy atom. The van der Waals surface area contributed by atoms with Crippen molar-refractivity contribution >= 4 is 28.6 Å². The van der Waals surface area contributed by atoms with Gasteiger partial charge in [0.25, 0.3) is 0 Å². The monoisotopic (exact) mass is 212 g/mol. The first kappa shape index (κ1) is 9.79. The van der Waals surface area contributed by atoms with Crippen LogP contribution in [-0.2, 0) is 4.74 Å². The predicted molar refractivity (Wildman–Crippen MR) is 47.7 cm³/mol. The van der Waals surface area contributed by atoms with Crippen molar-refractivity contribution in [3.05, 3.63) is 0 Å². The third-order valence-electron chi connectivity index (χ3n) is 1.07. The Bertz CT molecular complexity index is 57.0. The molecule has 0 bridgehead atoms. The molecule has 0 N–H and O–H groups in total. The normalized spacial score (nSPS) is 13.7. The maximum absolute atomic E-state index is 5.37. The zero-order valence-corrected chi connectivity index (χ0v) is 8.12. The van der Waals surface area contributed by atoms with Crippen LogP contribution in [0.3, 0.4) is 0 Å². The molecule has 0 amide bonds. The molecule has 0 rings (SSSR count). The summed E-state index contributed by atoms with van der Waals surface area (Å²) < 4.78 is 5.37. The third kappa shape index (κ3) is 5.25. The molecule has 0 saturated carbocycles. The van der Waals surface area contributed by atoms with Gasteiger partial charge < -0.3 is 4.74 Å². The number of hydrogen-bond donors (Lipinski definition) is 1. The summed E-state index contributed by atoms with van der Waals surface area (Å²) in [5.41, 5.74) is 0. The maximum Gasteiger partial charge on any atom is 0.0669 e. The second-order valence-corrected chi connectivity index (χ2v) is 2.87. The van der Waals surface area contributed by atoms with Gasteiger partial charge in [-0.15, -0.1) is 0 Å². The smallest absolute Gasteiger partial charge is 0.0669 e. The van der Waals surface area contributed by atoms with E-state index in [9.17, 15) is 0 Å². The van der Waals surface area contributed by atoms with E-state index in [1.165, 1.54) is 0 Å². The van der Waals surface area contributed by atoms with Crippen molar-refractivity contribution in [1.29, 1.82) is 0 Å². The van der Waals surface area contributed by atoms with Gasteiger partial charge >= 0.3 is 0 Å². The summed E-state index contributed by atoms with van der Waals surface area (Å²) in [4.78, 5) is 0. The summed E-state index contributed by atoms with van der Waals surface area (Å²) in [6.45, 7) is 2.87. The van der Waals surface area contributed by atoms with E-state index >= 15 is 0 Å².